The van der Waals surface area contributed by atoms with E-state index in [9.17, 15) is 4.79 Å². The molecular formula is C11H14N2OS. The molecule has 80 valence electrons. The number of fused-ring (bicyclic) bond motifs is 1. The van der Waals surface area contributed by atoms with Gasteiger partial charge in [-0.2, -0.15) is 0 Å². The molecule has 0 radical (unpaired) electrons. The monoisotopic (exact) mass is 222 g/mol. The fourth-order valence-corrected chi connectivity index (χ4v) is 2.77. The molecule has 1 atom stereocenters. The summed E-state index contributed by atoms with van der Waals surface area (Å²) >= 11 is 1.62. The van der Waals surface area contributed by atoms with Gasteiger partial charge in [-0.05, 0) is 25.1 Å². The number of rotatable bonds is 1. The van der Waals surface area contributed by atoms with Gasteiger partial charge in [-0.1, -0.05) is 0 Å². The fraction of sp³-hybridized carbons (Fsp3) is 0.364. The Hall–Kier alpha value is -1.16. The normalized spacial score (nSPS) is 20.1. The predicted octanol–water partition coefficient (Wildman–Crippen LogP) is 2.19. The minimum Gasteiger partial charge on any atom is -0.388 e. The molecule has 1 aliphatic heterocycles. The Bertz CT molecular complexity index is 406. The molecule has 0 fully saturated rings. The molecule has 0 spiro atoms. The molecule has 1 aromatic rings. The van der Waals surface area contributed by atoms with Crippen LogP contribution in [0.4, 0.5) is 11.4 Å². The lowest BCUT2D eigenvalue weighted by Crippen LogP contribution is -2.36. The number of carbonyl (C=O) groups excluding carboxylic acids is 1. The van der Waals surface area contributed by atoms with Crippen LogP contribution in [0.2, 0.25) is 0 Å². The van der Waals surface area contributed by atoms with E-state index in [0.717, 1.165) is 11.4 Å². The molecule has 1 N–H and O–H groups in total. The Labute approximate surface area is 93.8 Å². The topological polar surface area (TPSA) is 32.3 Å². The van der Waals surface area contributed by atoms with Gasteiger partial charge in [-0.15, -0.1) is 11.8 Å². The summed E-state index contributed by atoms with van der Waals surface area (Å²) in [6, 6.07) is 6.10. The molecule has 1 aliphatic rings. The Kier molecular flexibility index (Phi) is 2.61. The highest BCUT2D eigenvalue weighted by molar-refractivity contribution is 8.00. The van der Waals surface area contributed by atoms with Crippen LogP contribution in [0.15, 0.2) is 23.1 Å². The van der Waals surface area contributed by atoms with E-state index >= 15 is 0 Å². The number of thioether (sulfide) groups is 1. The van der Waals surface area contributed by atoms with Crippen LogP contribution >= 0.6 is 11.8 Å². The lowest BCUT2D eigenvalue weighted by atomic mass is 10.2. The van der Waals surface area contributed by atoms with Gasteiger partial charge in [-0.25, -0.2) is 0 Å². The van der Waals surface area contributed by atoms with E-state index in [1.54, 1.807) is 16.7 Å². The summed E-state index contributed by atoms with van der Waals surface area (Å²) in [7, 11) is 3.71. The van der Waals surface area contributed by atoms with E-state index in [0.29, 0.717) is 0 Å². The van der Waals surface area contributed by atoms with Crippen LogP contribution in [-0.4, -0.2) is 25.3 Å². The van der Waals surface area contributed by atoms with E-state index in [1.807, 2.05) is 33.2 Å². The molecular weight excluding hydrogens is 208 g/mol. The first-order chi connectivity index (χ1) is 7.13. The van der Waals surface area contributed by atoms with Crippen molar-refractivity contribution in [3.05, 3.63) is 18.2 Å². The van der Waals surface area contributed by atoms with Crippen LogP contribution in [0.5, 0.6) is 0 Å². The van der Waals surface area contributed by atoms with Gasteiger partial charge in [0, 0.05) is 24.7 Å². The largest absolute Gasteiger partial charge is 0.388 e. The van der Waals surface area contributed by atoms with Crippen molar-refractivity contribution in [2.24, 2.45) is 0 Å². The Morgan fingerprint density at radius 3 is 2.87 bits per heavy atom. The van der Waals surface area contributed by atoms with Crippen LogP contribution in [0.3, 0.4) is 0 Å². The van der Waals surface area contributed by atoms with Crippen molar-refractivity contribution in [1.82, 2.24) is 0 Å². The number of amides is 1. The number of hydrogen-bond donors (Lipinski definition) is 1. The van der Waals surface area contributed by atoms with Crippen LogP contribution in [0, 0.1) is 0 Å². The smallest absolute Gasteiger partial charge is 0.239 e. The minimum absolute atomic E-state index is 0.0166. The lowest BCUT2D eigenvalue weighted by Gasteiger charge is -2.29. The van der Waals surface area contributed by atoms with Gasteiger partial charge in [0.1, 0.15) is 0 Å². The molecule has 15 heavy (non-hydrogen) atoms. The van der Waals surface area contributed by atoms with Gasteiger partial charge in [0.05, 0.1) is 10.9 Å². The second-order valence-corrected chi connectivity index (χ2v) is 4.97. The molecule has 4 heteroatoms. The van der Waals surface area contributed by atoms with Crippen molar-refractivity contribution < 1.29 is 4.79 Å². The summed E-state index contributed by atoms with van der Waals surface area (Å²) in [5.74, 6) is 0.167. The molecule has 2 rings (SSSR count). The quantitative estimate of drug-likeness (QED) is 0.790. The third-order valence-electron chi connectivity index (χ3n) is 2.59. The summed E-state index contributed by atoms with van der Waals surface area (Å²) in [6.07, 6.45) is 0. The highest BCUT2D eigenvalue weighted by atomic mass is 32.2. The summed E-state index contributed by atoms with van der Waals surface area (Å²) in [4.78, 5) is 14.7. The third-order valence-corrected chi connectivity index (χ3v) is 3.75. The molecule has 1 unspecified atom stereocenters. The summed E-state index contributed by atoms with van der Waals surface area (Å²) in [5, 5.41) is 3.09. The first-order valence-corrected chi connectivity index (χ1v) is 5.77. The highest BCUT2D eigenvalue weighted by Crippen LogP contribution is 2.39. The number of hydrogen-bond acceptors (Lipinski definition) is 3. The van der Waals surface area contributed by atoms with E-state index in [-0.39, 0.29) is 11.2 Å². The van der Waals surface area contributed by atoms with Gasteiger partial charge in [0.15, 0.2) is 0 Å². The zero-order valence-corrected chi connectivity index (χ0v) is 9.89. The second kappa shape index (κ2) is 3.77. The molecule has 0 aliphatic carbocycles. The van der Waals surface area contributed by atoms with Gasteiger partial charge in [0.25, 0.3) is 0 Å². The molecule has 1 amide bonds. The molecule has 1 aromatic carbocycles. The third kappa shape index (κ3) is 1.69. The van der Waals surface area contributed by atoms with Crippen LogP contribution in [0.25, 0.3) is 0 Å². The maximum Gasteiger partial charge on any atom is 0.239 e. The van der Waals surface area contributed by atoms with Gasteiger partial charge >= 0.3 is 0 Å². The van der Waals surface area contributed by atoms with E-state index < -0.39 is 0 Å². The summed E-state index contributed by atoms with van der Waals surface area (Å²) in [6.45, 7) is 1.94. The standard InChI is InChI=1S/C11H14N2OS/c1-7-11(14)13(3)9-6-8(12-2)4-5-10(9)15-7/h4-7,12H,1-3H3. The fourth-order valence-electron chi connectivity index (χ4n) is 1.67. The lowest BCUT2D eigenvalue weighted by molar-refractivity contribution is -0.117. The van der Waals surface area contributed by atoms with Crippen molar-refractivity contribution in [2.75, 3.05) is 24.3 Å². The Morgan fingerprint density at radius 2 is 2.20 bits per heavy atom. The van der Waals surface area contributed by atoms with Crippen molar-refractivity contribution in [3.63, 3.8) is 0 Å². The van der Waals surface area contributed by atoms with Gasteiger partial charge in [0.2, 0.25) is 5.91 Å². The first kappa shape index (κ1) is 10.4. The van der Waals surface area contributed by atoms with E-state index in [1.165, 1.54) is 4.90 Å². The average molecular weight is 222 g/mol. The van der Waals surface area contributed by atoms with Crippen LogP contribution in [0.1, 0.15) is 6.92 Å². The maximum atomic E-state index is 11.8. The predicted molar refractivity (Wildman–Crippen MR) is 64.7 cm³/mol. The van der Waals surface area contributed by atoms with E-state index in [4.69, 9.17) is 0 Å². The van der Waals surface area contributed by atoms with Crippen molar-refractivity contribution in [2.45, 2.75) is 17.1 Å². The Balaban J connectivity index is 2.47. The van der Waals surface area contributed by atoms with Gasteiger partial charge in [-0.3, -0.25) is 4.79 Å². The molecule has 0 saturated heterocycles. The van der Waals surface area contributed by atoms with Crippen LogP contribution < -0.4 is 10.2 Å². The first-order valence-electron chi connectivity index (χ1n) is 4.89. The Morgan fingerprint density at radius 1 is 1.47 bits per heavy atom. The zero-order chi connectivity index (χ0) is 11.0. The molecule has 1 heterocycles. The number of anilines is 2. The number of carbonyl (C=O) groups is 1. The number of nitrogens with zero attached hydrogens (tertiary/aromatic N) is 1. The molecule has 0 bridgehead atoms. The summed E-state index contributed by atoms with van der Waals surface area (Å²) in [5.41, 5.74) is 2.03. The molecule has 3 nitrogen and oxygen atoms in total. The number of nitrogens with one attached hydrogen (secondary N) is 1. The minimum atomic E-state index is 0.0166. The second-order valence-electron chi connectivity index (χ2n) is 3.59. The van der Waals surface area contributed by atoms with Crippen molar-refractivity contribution in [3.8, 4) is 0 Å². The zero-order valence-electron chi connectivity index (χ0n) is 9.07. The van der Waals surface area contributed by atoms with Gasteiger partial charge < -0.3 is 10.2 Å². The number of benzene rings is 1. The SMILES string of the molecule is CNc1ccc2c(c1)N(C)C(=O)C(C)S2. The average Bonchev–Trinajstić information content (AvgIpc) is 2.26. The van der Waals surface area contributed by atoms with Crippen LogP contribution in [-0.2, 0) is 4.79 Å². The molecule has 0 aromatic heterocycles. The molecule has 0 saturated carbocycles. The van der Waals surface area contributed by atoms with Crippen molar-refractivity contribution >= 4 is 29.0 Å². The summed E-state index contributed by atoms with van der Waals surface area (Å²) < 4.78 is 0. The highest BCUT2D eigenvalue weighted by Gasteiger charge is 2.27. The maximum absolute atomic E-state index is 11.8. The van der Waals surface area contributed by atoms with Crippen molar-refractivity contribution in [1.29, 1.82) is 0 Å². The van der Waals surface area contributed by atoms with E-state index in [2.05, 4.69) is 11.4 Å².